The second kappa shape index (κ2) is 8.49. The number of amides is 1. The van der Waals surface area contributed by atoms with Crippen molar-refractivity contribution >= 4 is 35.4 Å². The fraction of sp³-hybridized carbons (Fsp3) is 0.500. The highest BCUT2D eigenvalue weighted by atomic mass is 32.2. The normalized spacial score (nSPS) is 19.2. The summed E-state index contributed by atoms with van der Waals surface area (Å²) in [6, 6.07) is 7.32. The lowest BCUT2D eigenvalue weighted by atomic mass is 10.1. The van der Waals surface area contributed by atoms with Gasteiger partial charge in [0, 0.05) is 22.9 Å². The zero-order valence-electron chi connectivity index (χ0n) is 13.2. The molecular weight excluding hydrogens is 334 g/mol. The van der Waals surface area contributed by atoms with Gasteiger partial charge >= 0.3 is 5.97 Å². The SMILES string of the molecule is CSc1ccc(OC(C)C(=O)N2CCSCC2CC(=O)O)cc1. The van der Waals surface area contributed by atoms with Crippen molar-refractivity contribution in [3.63, 3.8) is 0 Å². The molecule has 2 rings (SSSR count). The van der Waals surface area contributed by atoms with Crippen molar-refractivity contribution in [2.75, 3.05) is 24.3 Å². The molecule has 2 unspecified atom stereocenters. The summed E-state index contributed by atoms with van der Waals surface area (Å²) in [5.74, 6) is 1.11. The van der Waals surface area contributed by atoms with Crippen LogP contribution in [0.2, 0.25) is 0 Å². The number of benzene rings is 1. The highest BCUT2D eigenvalue weighted by molar-refractivity contribution is 7.99. The molecule has 0 aliphatic carbocycles. The maximum absolute atomic E-state index is 12.6. The molecule has 0 bridgehead atoms. The summed E-state index contributed by atoms with van der Waals surface area (Å²) in [6.45, 7) is 2.28. The van der Waals surface area contributed by atoms with Gasteiger partial charge in [0.2, 0.25) is 0 Å². The quantitative estimate of drug-likeness (QED) is 0.791. The lowest BCUT2D eigenvalue weighted by molar-refractivity contribution is -0.143. The summed E-state index contributed by atoms with van der Waals surface area (Å²) in [5.41, 5.74) is 0. The molecule has 7 heteroatoms. The van der Waals surface area contributed by atoms with Gasteiger partial charge in [-0.2, -0.15) is 11.8 Å². The van der Waals surface area contributed by atoms with E-state index in [1.807, 2.05) is 30.5 Å². The number of hydrogen-bond donors (Lipinski definition) is 1. The van der Waals surface area contributed by atoms with Crippen molar-refractivity contribution in [3.8, 4) is 5.75 Å². The van der Waals surface area contributed by atoms with E-state index in [1.54, 1.807) is 35.3 Å². The van der Waals surface area contributed by atoms with E-state index in [2.05, 4.69) is 0 Å². The van der Waals surface area contributed by atoms with E-state index < -0.39 is 12.1 Å². The lowest BCUT2D eigenvalue weighted by Gasteiger charge is -2.36. The van der Waals surface area contributed by atoms with Crippen molar-refractivity contribution in [1.29, 1.82) is 0 Å². The van der Waals surface area contributed by atoms with Gasteiger partial charge in [0.1, 0.15) is 5.75 Å². The highest BCUT2D eigenvalue weighted by Gasteiger charge is 2.32. The zero-order chi connectivity index (χ0) is 16.8. The van der Waals surface area contributed by atoms with Crippen LogP contribution in [-0.4, -0.2) is 58.3 Å². The first-order chi connectivity index (χ1) is 11.0. The number of aliphatic carboxylic acids is 1. The minimum Gasteiger partial charge on any atom is -0.481 e. The van der Waals surface area contributed by atoms with Crippen molar-refractivity contribution in [2.45, 2.75) is 30.4 Å². The number of carbonyl (C=O) groups is 2. The van der Waals surface area contributed by atoms with Crippen molar-refractivity contribution in [3.05, 3.63) is 24.3 Å². The third kappa shape index (κ3) is 5.07. The van der Waals surface area contributed by atoms with Gasteiger partial charge in [0.25, 0.3) is 5.91 Å². The number of ether oxygens (including phenoxy) is 1. The average Bonchev–Trinajstić information content (AvgIpc) is 2.55. The molecule has 1 aliphatic rings. The average molecular weight is 355 g/mol. The van der Waals surface area contributed by atoms with E-state index in [0.717, 1.165) is 10.6 Å². The monoisotopic (exact) mass is 355 g/mol. The summed E-state index contributed by atoms with van der Waals surface area (Å²) in [7, 11) is 0. The molecule has 0 spiro atoms. The Kier molecular flexibility index (Phi) is 6.65. The van der Waals surface area contributed by atoms with E-state index in [-0.39, 0.29) is 18.4 Å². The van der Waals surface area contributed by atoms with Crippen LogP contribution in [0.15, 0.2) is 29.2 Å². The Hall–Kier alpha value is -1.34. The van der Waals surface area contributed by atoms with Gasteiger partial charge < -0.3 is 14.7 Å². The van der Waals surface area contributed by atoms with Gasteiger partial charge in [-0.15, -0.1) is 11.8 Å². The van der Waals surface area contributed by atoms with Crippen molar-refractivity contribution in [2.24, 2.45) is 0 Å². The Bertz CT molecular complexity index is 550. The van der Waals surface area contributed by atoms with Crippen LogP contribution < -0.4 is 4.74 Å². The maximum atomic E-state index is 12.6. The Morgan fingerprint density at radius 3 is 2.74 bits per heavy atom. The minimum atomic E-state index is -0.878. The van der Waals surface area contributed by atoms with Crippen LogP contribution in [0, 0.1) is 0 Å². The van der Waals surface area contributed by atoms with E-state index in [1.165, 1.54) is 0 Å². The number of hydrogen-bond acceptors (Lipinski definition) is 5. The summed E-state index contributed by atoms with van der Waals surface area (Å²) in [6.07, 6.45) is 1.35. The summed E-state index contributed by atoms with van der Waals surface area (Å²) in [5, 5.41) is 9.01. The number of rotatable bonds is 6. The fourth-order valence-corrected chi connectivity index (χ4v) is 3.93. The molecule has 23 heavy (non-hydrogen) atoms. The molecule has 1 fully saturated rings. The van der Waals surface area contributed by atoms with Gasteiger partial charge in [-0.25, -0.2) is 0 Å². The Morgan fingerprint density at radius 1 is 1.43 bits per heavy atom. The predicted octanol–water partition coefficient (Wildman–Crippen LogP) is 2.59. The number of nitrogens with zero attached hydrogens (tertiary/aromatic N) is 1. The molecule has 1 heterocycles. The number of thioether (sulfide) groups is 2. The standard InChI is InChI=1S/C16H21NO4S2/c1-11(21-13-3-5-14(22-2)6-4-13)16(20)17-7-8-23-10-12(17)9-15(18)19/h3-6,11-12H,7-10H2,1-2H3,(H,18,19). The van der Waals surface area contributed by atoms with E-state index in [4.69, 9.17) is 9.84 Å². The maximum Gasteiger partial charge on any atom is 0.305 e. The van der Waals surface area contributed by atoms with E-state index in [0.29, 0.717) is 18.0 Å². The predicted molar refractivity (Wildman–Crippen MR) is 93.4 cm³/mol. The second-order valence-electron chi connectivity index (χ2n) is 5.29. The molecule has 1 aromatic rings. The van der Waals surface area contributed by atoms with Gasteiger partial charge in [-0.1, -0.05) is 0 Å². The van der Waals surface area contributed by atoms with E-state index >= 15 is 0 Å². The summed E-state index contributed by atoms with van der Waals surface area (Å²) in [4.78, 5) is 26.4. The molecule has 0 saturated carbocycles. The largest absolute Gasteiger partial charge is 0.481 e. The second-order valence-corrected chi connectivity index (χ2v) is 7.32. The van der Waals surface area contributed by atoms with Crippen LogP contribution in [0.1, 0.15) is 13.3 Å². The van der Waals surface area contributed by atoms with E-state index in [9.17, 15) is 9.59 Å². The number of carboxylic acid groups (broad SMARTS) is 1. The first-order valence-electron chi connectivity index (χ1n) is 7.42. The third-order valence-electron chi connectivity index (χ3n) is 3.64. The summed E-state index contributed by atoms with van der Waals surface area (Å²) < 4.78 is 5.73. The number of carboxylic acids is 1. The van der Waals surface area contributed by atoms with Gasteiger partial charge in [-0.05, 0) is 37.4 Å². The zero-order valence-corrected chi connectivity index (χ0v) is 14.9. The Labute approximate surface area is 144 Å². The van der Waals surface area contributed by atoms with Crippen LogP contribution in [-0.2, 0) is 9.59 Å². The van der Waals surface area contributed by atoms with Crippen LogP contribution in [0.3, 0.4) is 0 Å². The lowest BCUT2D eigenvalue weighted by Crippen LogP contribution is -2.51. The molecule has 1 aliphatic heterocycles. The van der Waals surface area contributed by atoms with Gasteiger partial charge in [0.15, 0.2) is 6.10 Å². The smallest absolute Gasteiger partial charge is 0.305 e. The third-order valence-corrected chi connectivity index (χ3v) is 5.48. The Morgan fingerprint density at radius 2 is 2.13 bits per heavy atom. The molecule has 126 valence electrons. The molecule has 1 aromatic carbocycles. The molecule has 0 aromatic heterocycles. The van der Waals surface area contributed by atoms with Crippen molar-refractivity contribution < 1.29 is 19.4 Å². The van der Waals surface area contributed by atoms with Crippen LogP contribution in [0.25, 0.3) is 0 Å². The first-order valence-corrected chi connectivity index (χ1v) is 9.80. The molecule has 1 N–H and O–H groups in total. The fourth-order valence-electron chi connectivity index (χ4n) is 2.46. The van der Waals surface area contributed by atoms with Crippen molar-refractivity contribution in [1.82, 2.24) is 4.90 Å². The molecule has 0 radical (unpaired) electrons. The first kappa shape index (κ1) is 18.0. The van der Waals surface area contributed by atoms with Gasteiger partial charge in [-0.3, -0.25) is 9.59 Å². The summed E-state index contributed by atoms with van der Waals surface area (Å²) >= 11 is 3.33. The van der Waals surface area contributed by atoms with Crippen LogP contribution in [0.4, 0.5) is 0 Å². The molecule has 2 atom stereocenters. The van der Waals surface area contributed by atoms with Gasteiger partial charge in [0.05, 0.1) is 12.5 Å². The Balaban J connectivity index is 2.00. The number of carbonyl (C=O) groups excluding carboxylic acids is 1. The van der Waals surface area contributed by atoms with Crippen LogP contribution in [0.5, 0.6) is 5.75 Å². The molecule has 5 nitrogen and oxygen atoms in total. The highest BCUT2D eigenvalue weighted by Crippen LogP contribution is 2.23. The minimum absolute atomic E-state index is 0.0200. The topological polar surface area (TPSA) is 66.8 Å². The molecule has 1 amide bonds. The molecule has 1 saturated heterocycles. The molecular formula is C16H21NO4S2. The van der Waals surface area contributed by atoms with Crippen LogP contribution >= 0.6 is 23.5 Å².